The van der Waals surface area contributed by atoms with Gasteiger partial charge in [-0.25, -0.2) is 0 Å². The third kappa shape index (κ3) is 2.83. The third-order valence-electron chi connectivity index (χ3n) is 5.32. The molecule has 1 saturated heterocycles. The van der Waals surface area contributed by atoms with Gasteiger partial charge in [0.05, 0.1) is 19.0 Å². The lowest BCUT2D eigenvalue weighted by molar-refractivity contribution is -0.921. The Kier molecular flexibility index (Phi) is 4.30. The molecule has 0 aliphatic carbocycles. The number of benzene rings is 2. The molecule has 1 fully saturated rings. The van der Waals surface area contributed by atoms with Crippen molar-refractivity contribution in [1.82, 2.24) is 0 Å². The molecule has 2 aliphatic rings. The van der Waals surface area contributed by atoms with E-state index in [0.29, 0.717) is 0 Å². The highest BCUT2D eigenvalue weighted by Crippen LogP contribution is 2.38. The van der Waals surface area contributed by atoms with Crippen molar-refractivity contribution >= 4 is 23.2 Å². The van der Waals surface area contributed by atoms with Crippen molar-refractivity contribution in [1.29, 1.82) is 0 Å². The quantitative estimate of drug-likeness (QED) is 0.865. The fraction of sp³-hybridized carbons (Fsp3) is 0.350. The molecule has 2 heterocycles. The minimum Gasteiger partial charge on any atom is -0.324 e. The minimum atomic E-state index is -0.0846. The zero-order chi connectivity index (χ0) is 16.5. The van der Waals surface area contributed by atoms with Crippen LogP contribution in [0.5, 0.6) is 0 Å². The maximum absolute atomic E-state index is 13.0. The van der Waals surface area contributed by atoms with Crippen LogP contribution in [-0.4, -0.2) is 25.0 Å². The molecule has 0 spiro atoms. The van der Waals surface area contributed by atoms with E-state index < -0.39 is 0 Å². The number of halogens is 1. The van der Waals surface area contributed by atoms with E-state index in [1.807, 2.05) is 24.3 Å². The number of hydrogen-bond acceptors (Lipinski definition) is 1. The van der Waals surface area contributed by atoms with Crippen LogP contribution in [0.4, 0.5) is 5.69 Å². The Balaban J connectivity index is 1.83. The topological polar surface area (TPSA) is 33.5 Å². The SMILES string of the molecule is O=C1Nc2ccc(Cl)cc2[C@@H](c2ccccc2)[C@@H]1[NH+]1CCCCC1. The van der Waals surface area contributed by atoms with Gasteiger partial charge in [0, 0.05) is 10.7 Å². The highest BCUT2D eigenvalue weighted by molar-refractivity contribution is 6.30. The van der Waals surface area contributed by atoms with Crippen molar-refractivity contribution in [2.24, 2.45) is 0 Å². The van der Waals surface area contributed by atoms with Gasteiger partial charge in [0.1, 0.15) is 0 Å². The number of rotatable bonds is 2. The second-order valence-electron chi connectivity index (χ2n) is 6.81. The van der Waals surface area contributed by atoms with E-state index in [9.17, 15) is 4.79 Å². The summed E-state index contributed by atoms with van der Waals surface area (Å²) in [4.78, 5) is 14.4. The van der Waals surface area contributed by atoms with E-state index in [-0.39, 0.29) is 17.9 Å². The average Bonchev–Trinajstić information content (AvgIpc) is 2.62. The van der Waals surface area contributed by atoms with Gasteiger partial charge in [-0.15, -0.1) is 0 Å². The van der Waals surface area contributed by atoms with E-state index in [1.54, 1.807) is 0 Å². The molecule has 0 unspecified atom stereocenters. The molecule has 1 amide bonds. The van der Waals surface area contributed by atoms with Crippen LogP contribution in [0.3, 0.4) is 0 Å². The summed E-state index contributed by atoms with van der Waals surface area (Å²) in [5.74, 6) is 0.192. The molecule has 2 atom stereocenters. The maximum atomic E-state index is 13.0. The third-order valence-corrected chi connectivity index (χ3v) is 5.55. The lowest BCUT2D eigenvalue weighted by Gasteiger charge is -2.39. The van der Waals surface area contributed by atoms with Crippen LogP contribution in [-0.2, 0) is 4.79 Å². The van der Waals surface area contributed by atoms with Crippen molar-refractivity contribution in [2.75, 3.05) is 18.4 Å². The summed E-state index contributed by atoms with van der Waals surface area (Å²) in [5.41, 5.74) is 3.22. The van der Waals surface area contributed by atoms with E-state index in [2.05, 4.69) is 29.6 Å². The zero-order valence-electron chi connectivity index (χ0n) is 13.6. The summed E-state index contributed by atoms with van der Waals surface area (Å²) in [6, 6.07) is 16.1. The lowest BCUT2D eigenvalue weighted by atomic mass is 9.80. The van der Waals surface area contributed by atoms with E-state index in [1.165, 1.54) is 29.7 Å². The van der Waals surface area contributed by atoms with E-state index in [0.717, 1.165) is 29.4 Å². The summed E-state index contributed by atoms with van der Waals surface area (Å²) < 4.78 is 0. The highest BCUT2D eigenvalue weighted by atomic mass is 35.5. The normalized spacial score (nSPS) is 24.3. The molecule has 2 N–H and O–H groups in total. The second-order valence-corrected chi connectivity index (χ2v) is 7.24. The predicted molar refractivity (Wildman–Crippen MR) is 96.7 cm³/mol. The van der Waals surface area contributed by atoms with Gasteiger partial charge in [-0.2, -0.15) is 0 Å². The van der Waals surface area contributed by atoms with Gasteiger partial charge in [-0.3, -0.25) is 4.79 Å². The van der Waals surface area contributed by atoms with Crippen LogP contribution < -0.4 is 10.2 Å². The number of carbonyl (C=O) groups is 1. The molecule has 0 radical (unpaired) electrons. The number of likely N-dealkylation sites (tertiary alicyclic amines) is 1. The van der Waals surface area contributed by atoms with Gasteiger partial charge < -0.3 is 10.2 Å². The Bertz CT molecular complexity index is 741. The number of anilines is 1. The van der Waals surface area contributed by atoms with Gasteiger partial charge in [0.25, 0.3) is 5.91 Å². The van der Waals surface area contributed by atoms with Crippen LogP contribution in [0.15, 0.2) is 48.5 Å². The summed E-state index contributed by atoms with van der Waals surface area (Å²) in [7, 11) is 0. The van der Waals surface area contributed by atoms with Crippen LogP contribution in [0.25, 0.3) is 0 Å². The van der Waals surface area contributed by atoms with Crippen LogP contribution in [0, 0.1) is 0 Å². The first kappa shape index (κ1) is 15.7. The van der Waals surface area contributed by atoms with E-state index in [4.69, 9.17) is 11.6 Å². The zero-order valence-corrected chi connectivity index (χ0v) is 14.4. The van der Waals surface area contributed by atoms with Crippen LogP contribution in [0.2, 0.25) is 5.02 Å². The molecule has 4 heteroatoms. The standard InChI is InChI=1S/C20H21ClN2O/c21-15-9-10-17-16(13-15)18(14-7-3-1-4-8-14)19(20(24)22-17)23-11-5-2-6-12-23/h1,3-4,7-10,13,18-19H,2,5-6,11-12H2,(H,22,24)/p+1/t18-,19+/m1/s1. The van der Waals surface area contributed by atoms with Gasteiger partial charge in [0.2, 0.25) is 0 Å². The fourth-order valence-corrected chi connectivity index (χ4v) is 4.40. The molecule has 0 aromatic heterocycles. The summed E-state index contributed by atoms with van der Waals surface area (Å²) in [6.07, 6.45) is 3.67. The Hall–Kier alpha value is -1.84. The smallest absolute Gasteiger partial charge is 0.283 e. The van der Waals surface area contributed by atoms with E-state index >= 15 is 0 Å². The van der Waals surface area contributed by atoms with Crippen molar-refractivity contribution in [2.45, 2.75) is 31.2 Å². The van der Waals surface area contributed by atoms with Gasteiger partial charge in [0.15, 0.2) is 6.04 Å². The Morgan fingerprint density at radius 2 is 1.75 bits per heavy atom. The van der Waals surface area contributed by atoms with Crippen molar-refractivity contribution in [3.05, 3.63) is 64.7 Å². The van der Waals surface area contributed by atoms with Crippen molar-refractivity contribution in [3.63, 3.8) is 0 Å². The first-order chi connectivity index (χ1) is 11.7. The highest BCUT2D eigenvalue weighted by Gasteiger charge is 2.44. The molecule has 2 aromatic carbocycles. The second kappa shape index (κ2) is 6.58. The molecular weight excluding hydrogens is 320 g/mol. The summed E-state index contributed by atoms with van der Waals surface area (Å²) in [5, 5.41) is 3.84. The predicted octanol–water partition coefficient (Wildman–Crippen LogP) is 2.86. The van der Waals surface area contributed by atoms with Gasteiger partial charge in [-0.05, 0) is 48.6 Å². The number of carbonyl (C=O) groups excluding carboxylic acids is 1. The molecule has 24 heavy (non-hydrogen) atoms. The fourth-order valence-electron chi connectivity index (χ4n) is 4.22. The van der Waals surface area contributed by atoms with Crippen LogP contribution >= 0.6 is 11.6 Å². The molecule has 3 nitrogen and oxygen atoms in total. The monoisotopic (exact) mass is 341 g/mol. The number of quaternary nitrogens is 1. The molecule has 4 rings (SSSR count). The summed E-state index contributed by atoms with van der Waals surface area (Å²) in [6.45, 7) is 2.13. The first-order valence-corrected chi connectivity index (χ1v) is 9.11. The Morgan fingerprint density at radius 3 is 2.50 bits per heavy atom. The number of piperidine rings is 1. The van der Waals surface area contributed by atoms with Crippen molar-refractivity contribution < 1.29 is 9.69 Å². The molecule has 124 valence electrons. The molecule has 2 aliphatic heterocycles. The minimum absolute atomic E-state index is 0.0572. The number of nitrogens with one attached hydrogen (secondary N) is 2. The molecular formula is C20H22ClN2O+. The Labute approximate surface area is 147 Å². The molecule has 0 bridgehead atoms. The average molecular weight is 342 g/mol. The number of hydrogen-bond donors (Lipinski definition) is 2. The first-order valence-electron chi connectivity index (χ1n) is 8.74. The lowest BCUT2D eigenvalue weighted by Crippen LogP contribution is -3.18. The van der Waals surface area contributed by atoms with Gasteiger partial charge >= 0.3 is 0 Å². The molecule has 0 saturated carbocycles. The molecule has 2 aromatic rings. The van der Waals surface area contributed by atoms with Gasteiger partial charge in [-0.1, -0.05) is 41.9 Å². The maximum Gasteiger partial charge on any atom is 0.283 e. The Morgan fingerprint density at radius 1 is 1.00 bits per heavy atom. The van der Waals surface area contributed by atoms with Crippen LogP contribution in [0.1, 0.15) is 36.3 Å². The number of fused-ring (bicyclic) bond motifs is 1. The van der Waals surface area contributed by atoms with Crippen molar-refractivity contribution in [3.8, 4) is 0 Å². The largest absolute Gasteiger partial charge is 0.324 e. The summed E-state index contributed by atoms with van der Waals surface area (Å²) >= 11 is 6.28. The number of amides is 1.